The van der Waals surface area contributed by atoms with Gasteiger partial charge in [0, 0.05) is 23.5 Å². The maximum Gasteiger partial charge on any atom is 0.259 e. The monoisotopic (exact) mass is 287 g/mol. The average molecular weight is 287 g/mol. The molecule has 0 saturated heterocycles. The quantitative estimate of drug-likeness (QED) is 0.202. The Kier molecular flexibility index (Phi) is 10.5. The Labute approximate surface area is 116 Å². The highest BCUT2D eigenvalue weighted by Crippen LogP contribution is 2.45. The zero-order valence-corrected chi connectivity index (χ0v) is 12.9. The van der Waals surface area contributed by atoms with Gasteiger partial charge in [-0.15, -0.1) is 0 Å². The van der Waals surface area contributed by atoms with Gasteiger partial charge in [-0.2, -0.15) is 5.26 Å². The van der Waals surface area contributed by atoms with Crippen LogP contribution in [0.1, 0.15) is 34.1 Å². The average Bonchev–Trinajstić information content (AvgIpc) is 2.33. The third-order valence-electron chi connectivity index (χ3n) is 2.12. The lowest BCUT2D eigenvalue weighted by molar-refractivity contribution is 0.179. The zero-order chi connectivity index (χ0) is 14.7. The summed E-state index contributed by atoms with van der Waals surface area (Å²) in [6.45, 7) is 9.22. The topological polar surface area (TPSA) is 94.2 Å². The molecule has 19 heavy (non-hydrogen) atoms. The van der Waals surface area contributed by atoms with Crippen LogP contribution in [0.2, 0.25) is 0 Å². The van der Waals surface area contributed by atoms with Crippen molar-refractivity contribution in [3.8, 4) is 6.07 Å². The first-order valence-corrected chi connectivity index (χ1v) is 7.39. The van der Waals surface area contributed by atoms with Crippen molar-refractivity contribution in [2.75, 3.05) is 19.8 Å². The second-order valence-electron chi connectivity index (χ2n) is 4.33. The van der Waals surface area contributed by atoms with Crippen LogP contribution < -0.4 is 0 Å². The molecule has 8 heteroatoms. The maximum atomic E-state index is 8.55. The molecule has 0 aliphatic heterocycles. The first-order chi connectivity index (χ1) is 9.04. The fourth-order valence-electron chi connectivity index (χ4n) is 1.52. The van der Waals surface area contributed by atoms with Gasteiger partial charge in [0.1, 0.15) is 0 Å². The highest BCUT2D eigenvalue weighted by atomic mass is 31.2. The largest absolute Gasteiger partial charge is 0.322 e. The van der Waals surface area contributed by atoms with E-state index in [9.17, 15) is 0 Å². The molecular weight excluding hydrogens is 265 g/mol. The van der Waals surface area contributed by atoms with E-state index in [2.05, 4.69) is 42.4 Å². The minimum atomic E-state index is -1.23. The second kappa shape index (κ2) is 11.0. The minimum Gasteiger partial charge on any atom is -0.322 e. The molecule has 1 unspecified atom stereocenters. The van der Waals surface area contributed by atoms with Crippen molar-refractivity contribution in [3.63, 3.8) is 0 Å². The summed E-state index contributed by atoms with van der Waals surface area (Å²) in [6.07, 6.45) is 0.336. The van der Waals surface area contributed by atoms with Crippen LogP contribution in [0.25, 0.3) is 10.4 Å². The molecule has 0 aliphatic rings. The van der Waals surface area contributed by atoms with Crippen LogP contribution in [0.5, 0.6) is 0 Å². The van der Waals surface area contributed by atoms with Gasteiger partial charge in [0.25, 0.3) is 8.53 Å². The van der Waals surface area contributed by atoms with Gasteiger partial charge in [0.05, 0.1) is 25.7 Å². The number of hydrogen-bond acceptors (Lipinski definition) is 5. The molecule has 0 rings (SSSR count). The molecule has 0 saturated carbocycles. The lowest BCUT2D eigenvalue weighted by Crippen LogP contribution is -2.33. The van der Waals surface area contributed by atoms with Gasteiger partial charge >= 0.3 is 0 Å². The Morgan fingerprint density at radius 3 is 2.32 bits per heavy atom. The SMILES string of the molecule is CC(C)N(C(C)C)P(OCCC#N)OCCN=[N+]=[N-]. The number of rotatable bonds is 10. The lowest BCUT2D eigenvalue weighted by atomic mass is 10.3. The summed E-state index contributed by atoms with van der Waals surface area (Å²) in [5, 5.41) is 12.0. The number of azide groups is 1. The number of nitrogens with zero attached hydrogens (tertiary/aromatic N) is 5. The Bertz CT molecular complexity index is 318. The molecule has 0 aromatic carbocycles. The molecule has 108 valence electrons. The molecule has 0 aromatic rings. The van der Waals surface area contributed by atoms with Crippen LogP contribution in [-0.2, 0) is 9.05 Å². The fraction of sp³-hybridized carbons (Fsp3) is 0.909. The molecule has 0 fully saturated rings. The van der Waals surface area contributed by atoms with Gasteiger partial charge in [-0.25, -0.2) is 4.67 Å². The van der Waals surface area contributed by atoms with E-state index in [1.165, 1.54) is 0 Å². The number of hydrogen-bond donors (Lipinski definition) is 0. The maximum absolute atomic E-state index is 8.55. The third kappa shape index (κ3) is 7.99. The smallest absolute Gasteiger partial charge is 0.259 e. The van der Waals surface area contributed by atoms with E-state index in [0.29, 0.717) is 19.6 Å². The Morgan fingerprint density at radius 2 is 1.84 bits per heavy atom. The van der Waals surface area contributed by atoms with Crippen molar-refractivity contribution in [2.45, 2.75) is 46.2 Å². The molecule has 1 atom stereocenters. The molecule has 0 bridgehead atoms. The molecule has 0 N–H and O–H groups in total. The predicted octanol–water partition coefficient (Wildman–Crippen LogP) is 3.59. The molecule has 0 amide bonds. The van der Waals surface area contributed by atoms with E-state index in [1.807, 2.05) is 6.07 Å². The summed E-state index contributed by atoms with van der Waals surface area (Å²) in [5.74, 6) is 0. The fourth-order valence-corrected chi connectivity index (χ4v) is 3.10. The van der Waals surface area contributed by atoms with Gasteiger partial charge in [0.2, 0.25) is 0 Å². The molecule has 0 spiro atoms. The molecule has 0 heterocycles. The van der Waals surface area contributed by atoms with E-state index < -0.39 is 8.53 Å². The van der Waals surface area contributed by atoms with Crippen molar-refractivity contribution in [1.82, 2.24) is 4.67 Å². The summed E-state index contributed by atoms with van der Waals surface area (Å²) in [7, 11) is -1.23. The first kappa shape index (κ1) is 18.1. The third-order valence-corrected chi connectivity index (χ3v) is 4.23. The van der Waals surface area contributed by atoms with Crippen molar-refractivity contribution < 1.29 is 9.05 Å². The molecule has 0 aliphatic carbocycles. The van der Waals surface area contributed by atoms with E-state index >= 15 is 0 Å². The highest BCUT2D eigenvalue weighted by Gasteiger charge is 2.26. The molecule has 0 aromatic heterocycles. The minimum absolute atomic E-state index is 0.271. The Morgan fingerprint density at radius 1 is 1.26 bits per heavy atom. The number of nitriles is 1. The summed E-state index contributed by atoms with van der Waals surface area (Å²) < 4.78 is 13.5. The molecule has 0 radical (unpaired) electrons. The normalized spacial score (nSPS) is 12.5. The van der Waals surface area contributed by atoms with Gasteiger partial charge < -0.3 is 9.05 Å². The van der Waals surface area contributed by atoms with E-state index in [1.54, 1.807) is 0 Å². The van der Waals surface area contributed by atoms with Crippen molar-refractivity contribution in [2.24, 2.45) is 5.11 Å². The van der Waals surface area contributed by atoms with Crippen LogP contribution >= 0.6 is 8.53 Å². The van der Waals surface area contributed by atoms with Gasteiger partial charge in [-0.3, -0.25) is 0 Å². The Balaban J connectivity index is 4.52. The van der Waals surface area contributed by atoms with Gasteiger partial charge in [-0.05, 0) is 33.2 Å². The second-order valence-corrected chi connectivity index (χ2v) is 5.79. The van der Waals surface area contributed by atoms with E-state index in [4.69, 9.17) is 19.8 Å². The van der Waals surface area contributed by atoms with Crippen LogP contribution in [0.3, 0.4) is 0 Å². The van der Waals surface area contributed by atoms with Crippen LogP contribution in [-0.4, -0.2) is 36.5 Å². The lowest BCUT2D eigenvalue weighted by Gasteiger charge is -2.35. The summed E-state index contributed by atoms with van der Waals surface area (Å²) in [4.78, 5) is 2.68. The van der Waals surface area contributed by atoms with Crippen molar-refractivity contribution >= 4 is 8.53 Å². The molecule has 7 nitrogen and oxygen atoms in total. The standard InChI is InChI=1S/C11H22N5O2P/c1-10(2)16(11(3)4)19(17-8-5-6-12)18-9-7-14-15-13/h10-11H,5,7-9H2,1-4H3. The summed E-state index contributed by atoms with van der Waals surface area (Å²) >= 11 is 0. The van der Waals surface area contributed by atoms with Gasteiger partial charge in [-0.1, -0.05) is 5.11 Å². The van der Waals surface area contributed by atoms with Crippen LogP contribution in [0.15, 0.2) is 5.11 Å². The van der Waals surface area contributed by atoms with Crippen LogP contribution in [0, 0.1) is 11.3 Å². The summed E-state index contributed by atoms with van der Waals surface area (Å²) in [6, 6.07) is 2.58. The van der Waals surface area contributed by atoms with Gasteiger partial charge in [0.15, 0.2) is 0 Å². The van der Waals surface area contributed by atoms with Crippen LogP contribution in [0.4, 0.5) is 0 Å². The van der Waals surface area contributed by atoms with E-state index in [0.717, 1.165) is 0 Å². The van der Waals surface area contributed by atoms with Crippen molar-refractivity contribution in [3.05, 3.63) is 10.4 Å². The zero-order valence-electron chi connectivity index (χ0n) is 12.0. The molecular formula is C11H22N5O2P. The first-order valence-electron chi connectivity index (χ1n) is 6.26. The Hall–Kier alpha value is -0.890. The summed E-state index contributed by atoms with van der Waals surface area (Å²) in [5.41, 5.74) is 8.22. The van der Waals surface area contributed by atoms with Crippen molar-refractivity contribution in [1.29, 1.82) is 5.26 Å². The predicted molar refractivity (Wildman–Crippen MR) is 75.2 cm³/mol. The highest BCUT2D eigenvalue weighted by molar-refractivity contribution is 7.44. The van der Waals surface area contributed by atoms with E-state index in [-0.39, 0.29) is 18.6 Å².